The molecule has 0 amide bonds. The van der Waals surface area contributed by atoms with Gasteiger partial charge in [-0.2, -0.15) is 0 Å². The number of aliphatic carboxylic acids is 1. The minimum atomic E-state index is -0.978. The molecule has 0 rings (SSSR count). The van der Waals surface area contributed by atoms with Gasteiger partial charge in [-0.05, 0) is 6.42 Å². The minimum absolute atomic E-state index is 0.494. The fourth-order valence-electron chi connectivity index (χ4n) is 2.89. The number of carboxylic acids is 1. The number of hydrogen-bond donors (Lipinski definition) is 2. The molecular weight excluding hydrogens is 292 g/mol. The molecule has 138 valence electrons. The van der Waals surface area contributed by atoms with Crippen LogP contribution in [-0.4, -0.2) is 29.1 Å². The Bertz CT molecular complexity index is 256. The molecule has 23 heavy (non-hydrogen) atoms. The lowest BCUT2D eigenvalue weighted by Crippen LogP contribution is -2.24. The van der Waals surface area contributed by atoms with Crippen molar-refractivity contribution >= 4 is 5.97 Å². The fraction of sp³-hybridized carbons (Fsp3) is 0.947. The summed E-state index contributed by atoms with van der Waals surface area (Å²) in [7, 11) is 0. The summed E-state index contributed by atoms with van der Waals surface area (Å²) in [6, 6.07) is 0. The summed E-state index contributed by atoms with van der Waals surface area (Å²) in [6.07, 6.45) is 17.7. The lowest BCUT2D eigenvalue weighted by Gasteiger charge is -2.11. The van der Waals surface area contributed by atoms with Crippen LogP contribution in [-0.2, 0) is 9.53 Å². The molecule has 0 saturated heterocycles. The normalized spacial score (nSPS) is 12.4. The standard InChI is InChI=1S/C19H38O4/c1-2-3-4-5-6-7-8-9-10-11-12-13-14-15-16-18(19(21)22)23-17-20/h18,20H,2-17H2,1H3,(H,21,22). The average Bonchev–Trinajstić information content (AvgIpc) is 2.54. The number of rotatable bonds is 18. The molecule has 0 radical (unpaired) electrons. The van der Waals surface area contributed by atoms with Crippen LogP contribution in [0, 0.1) is 0 Å². The van der Waals surface area contributed by atoms with Gasteiger partial charge in [0.05, 0.1) is 0 Å². The summed E-state index contributed by atoms with van der Waals surface area (Å²) < 4.78 is 4.77. The zero-order valence-corrected chi connectivity index (χ0v) is 15.1. The van der Waals surface area contributed by atoms with Crippen molar-refractivity contribution in [3.05, 3.63) is 0 Å². The first kappa shape index (κ1) is 22.4. The lowest BCUT2D eigenvalue weighted by molar-refractivity contribution is -0.157. The van der Waals surface area contributed by atoms with Crippen LogP contribution in [0.25, 0.3) is 0 Å². The number of carbonyl (C=O) groups is 1. The van der Waals surface area contributed by atoms with Gasteiger partial charge in [0, 0.05) is 0 Å². The van der Waals surface area contributed by atoms with Crippen molar-refractivity contribution in [3.8, 4) is 0 Å². The maximum atomic E-state index is 10.8. The zero-order chi connectivity index (χ0) is 17.2. The van der Waals surface area contributed by atoms with E-state index in [1.807, 2.05) is 0 Å². The third-order valence-corrected chi connectivity index (χ3v) is 4.37. The quantitative estimate of drug-likeness (QED) is 0.265. The Morgan fingerprint density at radius 2 is 1.17 bits per heavy atom. The molecule has 1 unspecified atom stereocenters. The van der Waals surface area contributed by atoms with Crippen molar-refractivity contribution in [2.45, 2.75) is 109 Å². The van der Waals surface area contributed by atoms with Crippen LogP contribution in [0.1, 0.15) is 103 Å². The number of carboxylic acid groups (broad SMARTS) is 1. The van der Waals surface area contributed by atoms with Crippen LogP contribution in [0.4, 0.5) is 0 Å². The van der Waals surface area contributed by atoms with Gasteiger partial charge in [0.2, 0.25) is 0 Å². The second-order valence-corrected chi connectivity index (χ2v) is 6.51. The van der Waals surface area contributed by atoms with Gasteiger partial charge in [0.15, 0.2) is 6.10 Å². The lowest BCUT2D eigenvalue weighted by atomic mass is 10.0. The molecule has 0 fully saturated rings. The summed E-state index contributed by atoms with van der Waals surface area (Å²) in [4.78, 5) is 10.8. The highest BCUT2D eigenvalue weighted by Crippen LogP contribution is 2.14. The summed E-state index contributed by atoms with van der Waals surface area (Å²) >= 11 is 0. The molecule has 0 aliphatic carbocycles. The van der Waals surface area contributed by atoms with Crippen molar-refractivity contribution in [3.63, 3.8) is 0 Å². The third-order valence-electron chi connectivity index (χ3n) is 4.37. The number of aliphatic hydroxyl groups is 1. The highest BCUT2D eigenvalue weighted by Gasteiger charge is 2.16. The second kappa shape index (κ2) is 17.7. The van der Waals surface area contributed by atoms with Gasteiger partial charge < -0.3 is 14.9 Å². The Balaban J connectivity index is 3.20. The predicted octanol–water partition coefficient (Wildman–Crippen LogP) is 5.28. The van der Waals surface area contributed by atoms with E-state index in [1.165, 1.54) is 77.0 Å². The van der Waals surface area contributed by atoms with E-state index in [2.05, 4.69) is 6.92 Å². The van der Waals surface area contributed by atoms with Crippen LogP contribution in [0.15, 0.2) is 0 Å². The molecule has 0 aromatic rings. The SMILES string of the molecule is CCCCCCCCCCCCCCCCC(OCO)C(=O)O. The van der Waals surface area contributed by atoms with Gasteiger partial charge in [-0.25, -0.2) is 4.79 Å². The highest BCUT2D eigenvalue weighted by molar-refractivity contribution is 5.72. The Labute approximate surface area is 142 Å². The number of aliphatic hydroxyl groups excluding tert-OH is 1. The van der Waals surface area contributed by atoms with Crippen molar-refractivity contribution in [2.75, 3.05) is 6.79 Å². The van der Waals surface area contributed by atoms with E-state index < -0.39 is 18.9 Å². The Kier molecular flexibility index (Phi) is 17.3. The fourth-order valence-corrected chi connectivity index (χ4v) is 2.89. The van der Waals surface area contributed by atoms with E-state index in [-0.39, 0.29) is 0 Å². The second-order valence-electron chi connectivity index (χ2n) is 6.51. The number of unbranched alkanes of at least 4 members (excludes halogenated alkanes) is 13. The molecular formula is C19H38O4. The molecule has 0 aliphatic rings. The molecule has 0 spiro atoms. The van der Waals surface area contributed by atoms with Crippen molar-refractivity contribution in [1.29, 1.82) is 0 Å². The maximum absolute atomic E-state index is 10.8. The molecule has 4 heteroatoms. The van der Waals surface area contributed by atoms with Gasteiger partial charge in [0.25, 0.3) is 0 Å². The molecule has 0 saturated carbocycles. The van der Waals surface area contributed by atoms with E-state index >= 15 is 0 Å². The summed E-state index contributed by atoms with van der Waals surface area (Å²) in [6.45, 7) is 1.74. The molecule has 0 heterocycles. The van der Waals surface area contributed by atoms with E-state index in [1.54, 1.807) is 0 Å². The minimum Gasteiger partial charge on any atom is -0.479 e. The van der Waals surface area contributed by atoms with Crippen LogP contribution < -0.4 is 0 Å². The van der Waals surface area contributed by atoms with Crippen LogP contribution in [0.2, 0.25) is 0 Å². The molecule has 0 aromatic carbocycles. The van der Waals surface area contributed by atoms with Gasteiger partial charge in [-0.1, -0.05) is 96.8 Å². The third kappa shape index (κ3) is 16.0. The van der Waals surface area contributed by atoms with Gasteiger partial charge in [0.1, 0.15) is 6.79 Å². The van der Waals surface area contributed by atoms with Crippen molar-refractivity contribution in [1.82, 2.24) is 0 Å². The molecule has 0 bridgehead atoms. The molecule has 4 nitrogen and oxygen atoms in total. The summed E-state index contributed by atoms with van der Waals surface area (Å²) in [5.74, 6) is -0.978. The van der Waals surface area contributed by atoms with Gasteiger partial charge >= 0.3 is 5.97 Å². The van der Waals surface area contributed by atoms with Crippen LogP contribution in [0.3, 0.4) is 0 Å². The average molecular weight is 331 g/mol. The zero-order valence-electron chi connectivity index (χ0n) is 15.1. The maximum Gasteiger partial charge on any atom is 0.332 e. The Hall–Kier alpha value is -0.610. The first-order chi connectivity index (χ1) is 11.2. The molecule has 0 aliphatic heterocycles. The number of hydrogen-bond acceptors (Lipinski definition) is 3. The van der Waals surface area contributed by atoms with Crippen molar-refractivity contribution < 1.29 is 19.7 Å². The molecule has 0 aromatic heterocycles. The van der Waals surface area contributed by atoms with E-state index in [0.29, 0.717) is 6.42 Å². The summed E-state index contributed by atoms with van der Waals surface area (Å²) in [5, 5.41) is 17.5. The van der Waals surface area contributed by atoms with E-state index in [4.69, 9.17) is 14.9 Å². The first-order valence-electron chi connectivity index (χ1n) is 9.67. The summed E-state index contributed by atoms with van der Waals surface area (Å²) in [5.41, 5.74) is 0. The monoisotopic (exact) mass is 330 g/mol. The first-order valence-corrected chi connectivity index (χ1v) is 9.67. The van der Waals surface area contributed by atoms with Crippen LogP contribution >= 0.6 is 0 Å². The molecule has 2 N–H and O–H groups in total. The highest BCUT2D eigenvalue weighted by atomic mass is 16.6. The Morgan fingerprint density at radius 3 is 1.52 bits per heavy atom. The van der Waals surface area contributed by atoms with Crippen molar-refractivity contribution in [2.24, 2.45) is 0 Å². The van der Waals surface area contributed by atoms with Gasteiger partial charge in [-0.15, -0.1) is 0 Å². The van der Waals surface area contributed by atoms with E-state index in [9.17, 15) is 4.79 Å². The predicted molar refractivity (Wildman–Crippen MR) is 94.5 cm³/mol. The largest absolute Gasteiger partial charge is 0.479 e. The smallest absolute Gasteiger partial charge is 0.332 e. The van der Waals surface area contributed by atoms with Crippen LogP contribution in [0.5, 0.6) is 0 Å². The topological polar surface area (TPSA) is 66.8 Å². The Morgan fingerprint density at radius 1 is 0.783 bits per heavy atom. The van der Waals surface area contributed by atoms with Gasteiger partial charge in [-0.3, -0.25) is 0 Å². The number of ether oxygens (including phenoxy) is 1. The van der Waals surface area contributed by atoms with E-state index in [0.717, 1.165) is 12.8 Å². The molecule has 1 atom stereocenters.